The summed E-state index contributed by atoms with van der Waals surface area (Å²) in [6, 6.07) is 14.3. The van der Waals surface area contributed by atoms with Gasteiger partial charge in [-0.15, -0.1) is 0 Å². The molecular formula is C27H33N5O. The normalized spacial score (nSPS) is 14.9. The number of hydrogen-bond donors (Lipinski definition) is 0. The van der Waals surface area contributed by atoms with Gasteiger partial charge in [0.05, 0.1) is 0 Å². The molecular weight excluding hydrogens is 410 g/mol. The molecule has 1 fully saturated rings. The zero-order valence-electron chi connectivity index (χ0n) is 19.9. The summed E-state index contributed by atoms with van der Waals surface area (Å²) in [5.41, 5.74) is 5.07. The highest BCUT2D eigenvalue weighted by atomic mass is 16.2. The fraction of sp³-hybridized carbons (Fsp3) is 0.407. The molecule has 1 aromatic carbocycles. The number of piperidine rings is 1. The minimum atomic E-state index is -0.0326. The van der Waals surface area contributed by atoms with Crippen LogP contribution in [0.5, 0.6) is 0 Å². The molecule has 1 aliphatic heterocycles. The first-order valence-electron chi connectivity index (χ1n) is 11.8. The topological polar surface area (TPSA) is 62.2 Å². The van der Waals surface area contributed by atoms with Gasteiger partial charge >= 0.3 is 0 Å². The molecule has 33 heavy (non-hydrogen) atoms. The molecule has 6 heteroatoms. The lowest BCUT2D eigenvalue weighted by Crippen LogP contribution is -2.40. The molecule has 0 bridgehead atoms. The summed E-state index contributed by atoms with van der Waals surface area (Å²) < 4.78 is 0. The fourth-order valence-electron chi connectivity index (χ4n) is 4.59. The zero-order chi connectivity index (χ0) is 23.2. The van der Waals surface area contributed by atoms with Gasteiger partial charge in [-0.25, -0.2) is 9.97 Å². The highest BCUT2D eigenvalue weighted by Gasteiger charge is 2.26. The summed E-state index contributed by atoms with van der Waals surface area (Å²) in [5, 5.41) is 0. The van der Waals surface area contributed by atoms with Crippen molar-refractivity contribution in [3.05, 3.63) is 88.8 Å². The first-order valence-corrected chi connectivity index (χ1v) is 11.8. The van der Waals surface area contributed by atoms with Crippen molar-refractivity contribution >= 4 is 5.91 Å². The number of rotatable bonds is 7. The molecule has 1 aliphatic rings. The van der Waals surface area contributed by atoms with E-state index in [0.29, 0.717) is 24.0 Å². The van der Waals surface area contributed by atoms with Gasteiger partial charge in [0, 0.05) is 37.7 Å². The Balaban J connectivity index is 1.43. The smallest absolute Gasteiger partial charge is 0.272 e. The summed E-state index contributed by atoms with van der Waals surface area (Å²) in [7, 11) is 0. The molecule has 0 saturated carbocycles. The van der Waals surface area contributed by atoms with E-state index in [2.05, 4.69) is 51.0 Å². The number of aromatic nitrogens is 3. The van der Waals surface area contributed by atoms with Gasteiger partial charge in [0.2, 0.25) is 0 Å². The molecule has 0 aliphatic carbocycles. The maximum Gasteiger partial charge on any atom is 0.272 e. The molecule has 3 aromatic rings. The lowest BCUT2D eigenvalue weighted by Gasteiger charge is -2.35. The number of hydrogen-bond acceptors (Lipinski definition) is 5. The van der Waals surface area contributed by atoms with Gasteiger partial charge in [-0.1, -0.05) is 30.3 Å². The van der Waals surface area contributed by atoms with Crippen LogP contribution < -0.4 is 0 Å². The van der Waals surface area contributed by atoms with E-state index in [1.807, 2.05) is 37.1 Å². The fourth-order valence-corrected chi connectivity index (χ4v) is 4.59. The van der Waals surface area contributed by atoms with Crippen LogP contribution in [-0.2, 0) is 13.1 Å². The first kappa shape index (κ1) is 23.1. The molecule has 6 nitrogen and oxygen atoms in total. The molecule has 3 heterocycles. The Morgan fingerprint density at radius 2 is 1.85 bits per heavy atom. The van der Waals surface area contributed by atoms with Crippen molar-refractivity contribution in [1.29, 1.82) is 0 Å². The molecule has 0 spiro atoms. The van der Waals surface area contributed by atoms with Gasteiger partial charge in [0.15, 0.2) is 0 Å². The molecule has 1 amide bonds. The van der Waals surface area contributed by atoms with Crippen LogP contribution in [0, 0.1) is 26.7 Å². The van der Waals surface area contributed by atoms with Gasteiger partial charge in [-0.2, -0.15) is 0 Å². The van der Waals surface area contributed by atoms with Crippen molar-refractivity contribution in [3.63, 3.8) is 0 Å². The van der Waals surface area contributed by atoms with E-state index in [1.165, 1.54) is 11.1 Å². The Morgan fingerprint density at radius 3 is 2.55 bits per heavy atom. The molecule has 0 atom stereocenters. The first-order chi connectivity index (χ1) is 16.0. The van der Waals surface area contributed by atoms with E-state index in [0.717, 1.165) is 50.3 Å². The largest absolute Gasteiger partial charge is 0.333 e. The van der Waals surface area contributed by atoms with Crippen LogP contribution in [0.4, 0.5) is 0 Å². The van der Waals surface area contributed by atoms with Crippen molar-refractivity contribution in [3.8, 4) is 0 Å². The number of carbonyl (C=O) groups excluding carboxylic acids is 1. The average molecular weight is 444 g/mol. The van der Waals surface area contributed by atoms with Crippen LogP contribution >= 0.6 is 0 Å². The number of aryl methyl sites for hydroxylation is 3. The van der Waals surface area contributed by atoms with Gasteiger partial charge in [-0.3, -0.25) is 14.7 Å². The van der Waals surface area contributed by atoms with Crippen LogP contribution in [0.3, 0.4) is 0 Å². The van der Waals surface area contributed by atoms with Crippen molar-refractivity contribution < 1.29 is 4.79 Å². The summed E-state index contributed by atoms with van der Waals surface area (Å²) in [6.07, 6.45) is 5.77. The Hall–Kier alpha value is -3.12. The second kappa shape index (κ2) is 10.7. The summed E-state index contributed by atoms with van der Waals surface area (Å²) >= 11 is 0. The zero-order valence-corrected chi connectivity index (χ0v) is 19.9. The van der Waals surface area contributed by atoms with Crippen LogP contribution in [0.15, 0.2) is 54.9 Å². The SMILES string of the molecule is Cc1cc(C(=O)N(Cc2cccnc2)CC2CCN(Cc3ccccc3C)CC2)nc(C)n1. The maximum absolute atomic E-state index is 13.5. The second-order valence-electron chi connectivity index (χ2n) is 9.13. The minimum Gasteiger partial charge on any atom is -0.333 e. The molecule has 2 aromatic heterocycles. The van der Waals surface area contributed by atoms with E-state index in [4.69, 9.17) is 0 Å². The standard InChI is InChI=1S/C27H33N5O/c1-20-7-4-5-9-25(20)19-31-13-10-23(11-14-31)17-32(18-24-8-6-12-28-16-24)27(33)26-15-21(2)29-22(3)30-26/h4-9,12,15-16,23H,10-11,13-14,17-19H2,1-3H3. The van der Waals surface area contributed by atoms with Crippen LogP contribution in [-0.4, -0.2) is 50.3 Å². The van der Waals surface area contributed by atoms with Crippen molar-refractivity contribution in [2.24, 2.45) is 5.92 Å². The van der Waals surface area contributed by atoms with Gasteiger partial charge in [0.1, 0.15) is 11.5 Å². The minimum absolute atomic E-state index is 0.0326. The van der Waals surface area contributed by atoms with E-state index in [9.17, 15) is 4.79 Å². The molecule has 0 N–H and O–H groups in total. The molecule has 1 saturated heterocycles. The monoisotopic (exact) mass is 443 g/mol. The number of benzene rings is 1. The van der Waals surface area contributed by atoms with E-state index in [-0.39, 0.29) is 5.91 Å². The van der Waals surface area contributed by atoms with Crippen molar-refractivity contribution in [1.82, 2.24) is 24.8 Å². The third-order valence-electron chi connectivity index (χ3n) is 6.41. The highest BCUT2D eigenvalue weighted by Crippen LogP contribution is 2.23. The third-order valence-corrected chi connectivity index (χ3v) is 6.41. The van der Waals surface area contributed by atoms with Gasteiger partial charge in [-0.05, 0) is 81.4 Å². The number of amides is 1. The summed E-state index contributed by atoms with van der Waals surface area (Å²) in [4.78, 5) is 30.9. The van der Waals surface area contributed by atoms with Crippen LogP contribution in [0.2, 0.25) is 0 Å². The van der Waals surface area contributed by atoms with Gasteiger partial charge < -0.3 is 4.90 Å². The summed E-state index contributed by atoms with van der Waals surface area (Å²) in [5.74, 6) is 1.07. The Morgan fingerprint density at radius 1 is 1.06 bits per heavy atom. The van der Waals surface area contributed by atoms with Gasteiger partial charge in [0.25, 0.3) is 5.91 Å². The Bertz CT molecular complexity index is 1060. The summed E-state index contributed by atoms with van der Waals surface area (Å²) in [6.45, 7) is 10.3. The third kappa shape index (κ3) is 6.23. The quantitative estimate of drug-likeness (QED) is 0.543. The number of likely N-dealkylation sites (tertiary alicyclic amines) is 1. The van der Waals surface area contributed by atoms with Crippen molar-refractivity contribution in [2.45, 2.75) is 46.7 Å². The lowest BCUT2D eigenvalue weighted by atomic mass is 9.95. The van der Waals surface area contributed by atoms with Crippen LogP contribution in [0.25, 0.3) is 0 Å². The predicted octanol–water partition coefficient (Wildman–Crippen LogP) is 4.35. The van der Waals surface area contributed by atoms with E-state index < -0.39 is 0 Å². The van der Waals surface area contributed by atoms with E-state index in [1.54, 1.807) is 12.3 Å². The number of nitrogens with zero attached hydrogens (tertiary/aromatic N) is 5. The second-order valence-corrected chi connectivity index (χ2v) is 9.13. The lowest BCUT2D eigenvalue weighted by molar-refractivity contribution is 0.0665. The molecule has 0 unspecified atom stereocenters. The predicted molar refractivity (Wildman–Crippen MR) is 130 cm³/mol. The van der Waals surface area contributed by atoms with Crippen LogP contribution in [0.1, 0.15) is 51.5 Å². The molecule has 0 radical (unpaired) electrons. The number of carbonyl (C=O) groups is 1. The number of pyridine rings is 1. The highest BCUT2D eigenvalue weighted by molar-refractivity contribution is 5.92. The average Bonchev–Trinajstić information content (AvgIpc) is 2.81. The molecule has 4 rings (SSSR count). The Kier molecular flexibility index (Phi) is 7.45. The van der Waals surface area contributed by atoms with Crippen molar-refractivity contribution in [2.75, 3.05) is 19.6 Å². The molecule has 172 valence electrons. The maximum atomic E-state index is 13.5. The Labute approximate surface area is 196 Å². The van der Waals surface area contributed by atoms with E-state index >= 15 is 0 Å².